The molecule has 1 saturated heterocycles. The zero-order valence-electron chi connectivity index (χ0n) is 6.55. The Labute approximate surface area is 62.1 Å². The van der Waals surface area contributed by atoms with Crippen molar-refractivity contribution >= 4 is 0 Å². The van der Waals surface area contributed by atoms with E-state index in [0.29, 0.717) is 6.04 Å². The van der Waals surface area contributed by atoms with Gasteiger partial charge in [-0.05, 0) is 6.42 Å². The van der Waals surface area contributed by atoms with Gasteiger partial charge in [0.1, 0.15) is 0 Å². The summed E-state index contributed by atoms with van der Waals surface area (Å²) >= 11 is 0. The quantitative estimate of drug-likeness (QED) is 0.424. The molecule has 1 heterocycles. The van der Waals surface area contributed by atoms with Crippen molar-refractivity contribution in [2.75, 3.05) is 33.4 Å². The highest BCUT2D eigenvalue weighted by molar-refractivity contribution is 4.89. The minimum atomic E-state index is 0.678. The molecule has 3 nitrogen and oxygen atoms in total. The molecule has 0 aromatic heterocycles. The summed E-state index contributed by atoms with van der Waals surface area (Å²) in [6.07, 6.45) is 1.13. The van der Waals surface area contributed by atoms with Crippen LogP contribution in [0.3, 0.4) is 0 Å². The standard InChI is InChI=1S/C7H16N2O/c1-10-4-2-3-9-6-7(9)5-8/h7H,2-6,8H2,1H3. The molecule has 0 spiro atoms. The highest BCUT2D eigenvalue weighted by atomic mass is 16.5. The van der Waals surface area contributed by atoms with E-state index in [1.165, 1.54) is 6.54 Å². The predicted molar refractivity (Wildman–Crippen MR) is 40.9 cm³/mol. The van der Waals surface area contributed by atoms with Crippen LogP contribution in [0.4, 0.5) is 0 Å². The molecule has 2 unspecified atom stereocenters. The molecule has 1 aliphatic heterocycles. The molecule has 0 bridgehead atoms. The van der Waals surface area contributed by atoms with Crippen LogP contribution in [0, 0.1) is 0 Å². The molecule has 0 amide bonds. The van der Waals surface area contributed by atoms with Gasteiger partial charge in [0.25, 0.3) is 0 Å². The van der Waals surface area contributed by atoms with Gasteiger partial charge >= 0.3 is 0 Å². The van der Waals surface area contributed by atoms with E-state index in [-0.39, 0.29) is 0 Å². The number of ether oxygens (including phenoxy) is 1. The van der Waals surface area contributed by atoms with Gasteiger partial charge in [-0.15, -0.1) is 0 Å². The first kappa shape index (κ1) is 7.98. The lowest BCUT2D eigenvalue weighted by Gasteiger charge is -2.00. The van der Waals surface area contributed by atoms with Gasteiger partial charge in [-0.3, -0.25) is 4.90 Å². The van der Waals surface area contributed by atoms with Crippen molar-refractivity contribution in [3.05, 3.63) is 0 Å². The van der Waals surface area contributed by atoms with Gasteiger partial charge in [0.2, 0.25) is 0 Å². The smallest absolute Gasteiger partial charge is 0.0474 e. The second kappa shape index (κ2) is 3.91. The van der Waals surface area contributed by atoms with Crippen LogP contribution in [0.5, 0.6) is 0 Å². The normalized spacial score (nSPS) is 30.6. The Morgan fingerprint density at radius 3 is 3.00 bits per heavy atom. The predicted octanol–water partition coefficient (Wildman–Crippen LogP) is -0.334. The van der Waals surface area contributed by atoms with E-state index in [2.05, 4.69) is 4.90 Å². The first-order chi connectivity index (χ1) is 4.88. The van der Waals surface area contributed by atoms with Crippen LogP contribution in [-0.4, -0.2) is 44.3 Å². The summed E-state index contributed by atoms with van der Waals surface area (Å²) in [6, 6.07) is 0.678. The first-order valence-electron chi connectivity index (χ1n) is 3.81. The molecule has 0 aromatic rings. The third kappa shape index (κ3) is 2.25. The summed E-state index contributed by atoms with van der Waals surface area (Å²) in [5.41, 5.74) is 5.46. The monoisotopic (exact) mass is 144 g/mol. The van der Waals surface area contributed by atoms with Gasteiger partial charge in [-0.2, -0.15) is 0 Å². The van der Waals surface area contributed by atoms with E-state index < -0.39 is 0 Å². The van der Waals surface area contributed by atoms with E-state index >= 15 is 0 Å². The molecule has 3 heteroatoms. The van der Waals surface area contributed by atoms with Crippen molar-refractivity contribution in [3.8, 4) is 0 Å². The molecule has 0 aliphatic carbocycles. The lowest BCUT2D eigenvalue weighted by atomic mass is 10.4. The van der Waals surface area contributed by atoms with Gasteiger partial charge in [0.15, 0.2) is 0 Å². The van der Waals surface area contributed by atoms with E-state index in [1.54, 1.807) is 7.11 Å². The summed E-state index contributed by atoms with van der Waals surface area (Å²) in [4.78, 5) is 2.37. The van der Waals surface area contributed by atoms with Crippen molar-refractivity contribution in [3.63, 3.8) is 0 Å². The number of nitrogens with zero attached hydrogens (tertiary/aromatic N) is 1. The Hall–Kier alpha value is -0.120. The topological polar surface area (TPSA) is 38.3 Å². The van der Waals surface area contributed by atoms with E-state index in [1.807, 2.05) is 0 Å². The van der Waals surface area contributed by atoms with Crippen LogP contribution in [0.25, 0.3) is 0 Å². The fourth-order valence-corrected chi connectivity index (χ4v) is 1.13. The lowest BCUT2D eigenvalue weighted by Crippen LogP contribution is -2.14. The van der Waals surface area contributed by atoms with Crippen LogP contribution >= 0.6 is 0 Å². The average Bonchev–Trinajstić information content (AvgIpc) is 2.68. The number of hydrogen-bond donors (Lipinski definition) is 1. The van der Waals surface area contributed by atoms with Crippen molar-refractivity contribution in [1.29, 1.82) is 0 Å². The Morgan fingerprint density at radius 2 is 2.50 bits per heavy atom. The van der Waals surface area contributed by atoms with Gasteiger partial charge in [0, 0.05) is 39.4 Å². The molecular weight excluding hydrogens is 128 g/mol. The molecular formula is C7H16N2O. The Balaban J connectivity index is 1.87. The second-order valence-electron chi connectivity index (χ2n) is 2.73. The Bertz CT molecular complexity index is 97.6. The molecule has 1 rings (SSSR count). The number of methoxy groups -OCH3 is 1. The van der Waals surface area contributed by atoms with Crippen molar-refractivity contribution in [2.24, 2.45) is 5.73 Å². The third-order valence-corrected chi connectivity index (χ3v) is 1.89. The molecule has 0 aromatic carbocycles. The third-order valence-electron chi connectivity index (χ3n) is 1.89. The maximum atomic E-state index is 5.46. The molecule has 1 fully saturated rings. The SMILES string of the molecule is COCCCN1CC1CN. The van der Waals surface area contributed by atoms with Crippen molar-refractivity contribution in [2.45, 2.75) is 12.5 Å². The number of nitrogens with two attached hydrogens (primary N) is 1. The van der Waals surface area contributed by atoms with E-state index in [9.17, 15) is 0 Å². The van der Waals surface area contributed by atoms with Crippen molar-refractivity contribution < 1.29 is 4.74 Å². The molecule has 0 radical (unpaired) electrons. The van der Waals surface area contributed by atoms with Crippen LogP contribution < -0.4 is 5.73 Å². The number of hydrogen-bond acceptors (Lipinski definition) is 3. The second-order valence-corrected chi connectivity index (χ2v) is 2.73. The minimum absolute atomic E-state index is 0.678. The first-order valence-corrected chi connectivity index (χ1v) is 3.81. The van der Waals surface area contributed by atoms with Crippen LogP contribution in [0.15, 0.2) is 0 Å². The zero-order chi connectivity index (χ0) is 7.40. The van der Waals surface area contributed by atoms with Gasteiger partial charge in [-0.1, -0.05) is 0 Å². The van der Waals surface area contributed by atoms with E-state index in [4.69, 9.17) is 10.5 Å². The van der Waals surface area contributed by atoms with Gasteiger partial charge < -0.3 is 10.5 Å². The molecule has 2 N–H and O–H groups in total. The molecule has 0 saturated carbocycles. The summed E-state index contributed by atoms with van der Waals surface area (Å²) in [7, 11) is 1.74. The van der Waals surface area contributed by atoms with Gasteiger partial charge in [-0.25, -0.2) is 0 Å². The summed E-state index contributed by atoms with van der Waals surface area (Å²) in [5, 5.41) is 0. The fourth-order valence-electron chi connectivity index (χ4n) is 1.13. The summed E-state index contributed by atoms with van der Waals surface area (Å²) < 4.78 is 4.93. The van der Waals surface area contributed by atoms with Crippen LogP contribution in [-0.2, 0) is 4.74 Å². The fraction of sp³-hybridized carbons (Fsp3) is 1.00. The highest BCUT2D eigenvalue weighted by Gasteiger charge is 2.30. The summed E-state index contributed by atoms with van der Waals surface area (Å²) in [5.74, 6) is 0. The Kier molecular flexibility index (Phi) is 3.12. The largest absolute Gasteiger partial charge is 0.385 e. The van der Waals surface area contributed by atoms with Crippen molar-refractivity contribution in [1.82, 2.24) is 4.90 Å². The lowest BCUT2D eigenvalue weighted by molar-refractivity contribution is 0.189. The van der Waals surface area contributed by atoms with E-state index in [0.717, 1.165) is 26.1 Å². The average molecular weight is 144 g/mol. The van der Waals surface area contributed by atoms with Gasteiger partial charge in [0.05, 0.1) is 0 Å². The zero-order valence-corrected chi connectivity index (χ0v) is 6.55. The Morgan fingerprint density at radius 1 is 1.70 bits per heavy atom. The highest BCUT2D eigenvalue weighted by Crippen LogP contribution is 2.14. The minimum Gasteiger partial charge on any atom is -0.385 e. The summed E-state index contributed by atoms with van der Waals surface area (Å²) in [6.45, 7) is 4.02. The number of rotatable bonds is 5. The maximum Gasteiger partial charge on any atom is 0.0474 e. The molecule has 1 aliphatic rings. The maximum absolute atomic E-state index is 5.46. The van der Waals surface area contributed by atoms with Crippen LogP contribution in [0.2, 0.25) is 0 Å². The molecule has 60 valence electrons. The molecule has 2 atom stereocenters. The molecule has 10 heavy (non-hydrogen) atoms. The van der Waals surface area contributed by atoms with Crippen LogP contribution in [0.1, 0.15) is 6.42 Å².